The summed E-state index contributed by atoms with van der Waals surface area (Å²) in [6, 6.07) is 14.1. The summed E-state index contributed by atoms with van der Waals surface area (Å²) in [5.41, 5.74) is 1.95. The first-order valence-electron chi connectivity index (χ1n) is 13.0. The van der Waals surface area contributed by atoms with Gasteiger partial charge in [-0.1, -0.05) is 23.7 Å². The van der Waals surface area contributed by atoms with Gasteiger partial charge in [0.15, 0.2) is 11.5 Å². The van der Waals surface area contributed by atoms with E-state index in [0.717, 1.165) is 0 Å². The molecular weight excluding hydrogens is 563 g/mol. The normalized spacial score (nSPS) is 11.1. The number of carbonyl (C=O) groups is 2. The lowest BCUT2D eigenvalue weighted by Crippen LogP contribution is -2.22. The zero-order valence-electron chi connectivity index (χ0n) is 24.2. The molecule has 0 bridgehead atoms. The first kappa shape index (κ1) is 30.4. The van der Waals surface area contributed by atoms with Crippen LogP contribution >= 0.6 is 11.6 Å². The van der Waals surface area contributed by atoms with Crippen LogP contribution < -0.4 is 24.8 Å². The molecule has 2 amide bonds. The summed E-state index contributed by atoms with van der Waals surface area (Å²) in [4.78, 5) is 26.4. The molecule has 3 aromatic carbocycles. The molecule has 0 aliphatic carbocycles. The number of nitrogens with zero attached hydrogens (tertiary/aromatic N) is 2. The van der Waals surface area contributed by atoms with Gasteiger partial charge in [0.05, 0.1) is 43.9 Å². The standard InChI is InChI=1S/C31H32ClFN4O5/c1-31(2,3)37-17-23(28(36-37)22-14-19(33)10-11-24(22)32)30(39)35-20-9-7-8-18(12-20)13-27(38)34-21-15-25(40-4)29(42-6)26(16-21)41-5/h7-12,14-17H,13H2,1-6H3,(H,34,38)(H,35,39). The number of methoxy groups -OCH3 is 3. The molecule has 0 aliphatic heterocycles. The maximum absolute atomic E-state index is 14.1. The lowest BCUT2D eigenvalue weighted by Gasteiger charge is -2.18. The number of nitrogens with one attached hydrogen (secondary N) is 2. The second-order valence-corrected chi connectivity index (χ2v) is 10.8. The van der Waals surface area contributed by atoms with Crippen LogP contribution in [0.15, 0.2) is 60.8 Å². The van der Waals surface area contributed by atoms with Crippen molar-refractivity contribution in [2.75, 3.05) is 32.0 Å². The number of hydrogen-bond donors (Lipinski definition) is 2. The molecule has 0 unspecified atom stereocenters. The molecule has 0 spiro atoms. The van der Waals surface area contributed by atoms with E-state index in [1.807, 2.05) is 20.8 Å². The molecule has 4 rings (SSSR count). The summed E-state index contributed by atoms with van der Waals surface area (Å²) < 4.78 is 31.8. The SMILES string of the molecule is COc1cc(NC(=O)Cc2cccc(NC(=O)c3cn(C(C)(C)C)nc3-c3cc(F)ccc3Cl)c2)cc(OC)c1OC. The van der Waals surface area contributed by atoms with Gasteiger partial charge in [-0.15, -0.1) is 0 Å². The van der Waals surface area contributed by atoms with Crippen molar-refractivity contribution >= 4 is 34.8 Å². The highest BCUT2D eigenvalue weighted by Crippen LogP contribution is 2.40. The quantitative estimate of drug-likeness (QED) is 0.228. The van der Waals surface area contributed by atoms with Crippen LogP contribution in [-0.2, 0) is 16.8 Å². The van der Waals surface area contributed by atoms with Crippen LogP contribution in [0.25, 0.3) is 11.3 Å². The van der Waals surface area contributed by atoms with Crippen LogP contribution in [-0.4, -0.2) is 42.9 Å². The lowest BCUT2D eigenvalue weighted by atomic mass is 10.1. The van der Waals surface area contributed by atoms with Crippen LogP contribution in [0.5, 0.6) is 17.2 Å². The number of anilines is 2. The monoisotopic (exact) mass is 594 g/mol. The van der Waals surface area contributed by atoms with E-state index in [-0.39, 0.29) is 28.6 Å². The number of benzene rings is 3. The first-order chi connectivity index (χ1) is 19.9. The van der Waals surface area contributed by atoms with Gasteiger partial charge in [-0.25, -0.2) is 4.39 Å². The molecule has 11 heteroatoms. The Labute approximate surface area is 248 Å². The predicted molar refractivity (Wildman–Crippen MR) is 160 cm³/mol. The van der Waals surface area contributed by atoms with Crippen LogP contribution in [0, 0.1) is 5.82 Å². The summed E-state index contributed by atoms with van der Waals surface area (Å²) in [6.07, 6.45) is 1.65. The smallest absolute Gasteiger partial charge is 0.259 e. The number of ether oxygens (including phenoxy) is 3. The third-order valence-corrected chi connectivity index (χ3v) is 6.66. The average Bonchev–Trinajstić information content (AvgIpc) is 3.40. The van der Waals surface area contributed by atoms with Crippen LogP contribution in [0.1, 0.15) is 36.7 Å². The van der Waals surface area contributed by atoms with Crippen molar-refractivity contribution in [3.63, 3.8) is 0 Å². The van der Waals surface area contributed by atoms with Gasteiger partial charge in [0.2, 0.25) is 11.7 Å². The fraction of sp³-hybridized carbons (Fsp3) is 0.258. The maximum atomic E-state index is 14.1. The van der Waals surface area contributed by atoms with Gasteiger partial charge in [0, 0.05) is 35.3 Å². The van der Waals surface area contributed by atoms with Gasteiger partial charge in [-0.3, -0.25) is 14.3 Å². The highest BCUT2D eigenvalue weighted by atomic mass is 35.5. The van der Waals surface area contributed by atoms with Gasteiger partial charge in [0.25, 0.3) is 5.91 Å². The minimum atomic E-state index is -0.497. The zero-order chi connectivity index (χ0) is 30.6. The van der Waals surface area contributed by atoms with E-state index in [4.69, 9.17) is 25.8 Å². The Morgan fingerprint density at radius 2 is 1.62 bits per heavy atom. The van der Waals surface area contributed by atoms with Crippen LogP contribution in [0.4, 0.5) is 15.8 Å². The van der Waals surface area contributed by atoms with Gasteiger partial charge in [-0.2, -0.15) is 5.10 Å². The van der Waals surface area contributed by atoms with Crippen molar-refractivity contribution in [1.29, 1.82) is 0 Å². The van der Waals surface area contributed by atoms with Gasteiger partial charge >= 0.3 is 0 Å². The second kappa shape index (κ2) is 12.5. The molecule has 0 atom stereocenters. The van der Waals surface area contributed by atoms with E-state index in [0.29, 0.717) is 39.8 Å². The van der Waals surface area contributed by atoms with Crippen molar-refractivity contribution in [2.45, 2.75) is 32.7 Å². The Morgan fingerprint density at radius 3 is 2.24 bits per heavy atom. The molecular formula is C31H32ClFN4O5. The maximum Gasteiger partial charge on any atom is 0.259 e. The van der Waals surface area contributed by atoms with E-state index in [1.54, 1.807) is 47.3 Å². The summed E-state index contributed by atoms with van der Waals surface area (Å²) in [5.74, 6) is -0.0148. The Hall–Kier alpha value is -4.57. The third kappa shape index (κ3) is 6.83. The van der Waals surface area contributed by atoms with Crippen molar-refractivity contribution in [3.05, 3.63) is 82.8 Å². The van der Waals surface area contributed by atoms with Gasteiger partial charge < -0.3 is 24.8 Å². The number of hydrogen-bond acceptors (Lipinski definition) is 6. The van der Waals surface area contributed by atoms with Crippen molar-refractivity contribution in [3.8, 4) is 28.5 Å². The van der Waals surface area contributed by atoms with Crippen molar-refractivity contribution in [1.82, 2.24) is 9.78 Å². The average molecular weight is 595 g/mol. The topological polar surface area (TPSA) is 104 Å². The number of carbonyl (C=O) groups excluding carboxylic acids is 2. The molecule has 220 valence electrons. The fourth-order valence-electron chi connectivity index (χ4n) is 4.26. The molecule has 4 aromatic rings. The van der Waals surface area contributed by atoms with E-state index in [9.17, 15) is 14.0 Å². The van der Waals surface area contributed by atoms with Gasteiger partial charge in [-0.05, 0) is 56.7 Å². The molecule has 0 saturated heterocycles. The first-order valence-corrected chi connectivity index (χ1v) is 13.4. The molecule has 0 radical (unpaired) electrons. The molecule has 42 heavy (non-hydrogen) atoms. The second-order valence-electron chi connectivity index (χ2n) is 10.4. The Morgan fingerprint density at radius 1 is 0.929 bits per heavy atom. The largest absolute Gasteiger partial charge is 0.493 e. The fourth-order valence-corrected chi connectivity index (χ4v) is 4.47. The zero-order valence-corrected chi connectivity index (χ0v) is 24.9. The van der Waals surface area contributed by atoms with E-state index < -0.39 is 17.3 Å². The number of rotatable bonds is 9. The minimum absolute atomic E-state index is 0.0342. The molecule has 0 saturated carbocycles. The molecule has 1 heterocycles. The molecule has 1 aromatic heterocycles. The van der Waals surface area contributed by atoms with E-state index in [2.05, 4.69) is 15.7 Å². The number of amides is 2. The van der Waals surface area contributed by atoms with E-state index >= 15 is 0 Å². The molecule has 0 fully saturated rings. The lowest BCUT2D eigenvalue weighted by molar-refractivity contribution is -0.115. The Balaban J connectivity index is 1.55. The van der Waals surface area contributed by atoms with Crippen molar-refractivity contribution < 1.29 is 28.2 Å². The Kier molecular flexibility index (Phi) is 9.06. The van der Waals surface area contributed by atoms with E-state index in [1.165, 1.54) is 39.5 Å². The Bertz CT molecular complexity index is 1610. The van der Waals surface area contributed by atoms with Gasteiger partial charge in [0.1, 0.15) is 11.5 Å². The molecule has 9 nitrogen and oxygen atoms in total. The van der Waals surface area contributed by atoms with Crippen LogP contribution in [0.2, 0.25) is 5.02 Å². The summed E-state index contributed by atoms with van der Waals surface area (Å²) >= 11 is 6.36. The third-order valence-electron chi connectivity index (χ3n) is 6.33. The number of aromatic nitrogens is 2. The molecule has 0 aliphatic rings. The molecule has 2 N–H and O–H groups in total. The minimum Gasteiger partial charge on any atom is -0.493 e. The highest BCUT2D eigenvalue weighted by Gasteiger charge is 2.25. The highest BCUT2D eigenvalue weighted by molar-refractivity contribution is 6.33. The van der Waals surface area contributed by atoms with Crippen molar-refractivity contribution in [2.24, 2.45) is 0 Å². The predicted octanol–water partition coefficient (Wildman–Crippen LogP) is 6.56. The summed E-state index contributed by atoms with van der Waals surface area (Å²) in [5, 5.41) is 10.5. The number of halogens is 2. The van der Waals surface area contributed by atoms with Crippen LogP contribution in [0.3, 0.4) is 0 Å². The summed E-state index contributed by atoms with van der Waals surface area (Å²) in [6.45, 7) is 5.81. The summed E-state index contributed by atoms with van der Waals surface area (Å²) in [7, 11) is 4.48.